The Morgan fingerprint density at radius 3 is 2.18 bits per heavy atom. The topological polar surface area (TPSA) is 0 Å². The molecule has 0 nitrogen and oxygen atoms in total. The summed E-state index contributed by atoms with van der Waals surface area (Å²) in [7, 11) is 0. The van der Waals surface area contributed by atoms with Crippen molar-refractivity contribution in [2.24, 2.45) is 23.2 Å². The Kier molecular flexibility index (Phi) is 2.32. The van der Waals surface area contributed by atoms with E-state index in [9.17, 15) is 0 Å². The molecule has 0 spiro atoms. The molecule has 0 bridgehead atoms. The van der Waals surface area contributed by atoms with E-state index in [0.29, 0.717) is 5.41 Å². The van der Waals surface area contributed by atoms with Crippen LogP contribution < -0.4 is 0 Å². The van der Waals surface area contributed by atoms with Crippen molar-refractivity contribution in [1.29, 1.82) is 0 Å². The smallest absolute Gasteiger partial charge is 0.0241 e. The lowest BCUT2D eigenvalue weighted by atomic mass is 9.86. The van der Waals surface area contributed by atoms with Gasteiger partial charge in [0.25, 0.3) is 0 Å². The van der Waals surface area contributed by atoms with Gasteiger partial charge in [0.2, 0.25) is 0 Å². The van der Waals surface area contributed by atoms with Crippen molar-refractivity contribution in [3.05, 3.63) is 0 Å². The van der Waals surface area contributed by atoms with Crippen molar-refractivity contribution in [3.8, 4) is 0 Å². The average Bonchev–Trinajstić information content (AvgIpc) is 2.54. The van der Waals surface area contributed by atoms with E-state index in [2.05, 4.69) is 34.6 Å². The number of hydrogen-bond acceptors (Lipinski definition) is 0. The molecule has 0 N–H and O–H groups in total. The van der Waals surface area contributed by atoms with Gasteiger partial charge < -0.3 is 0 Å². The van der Waals surface area contributed by atoms with Gasteiger partial charge in [0, 0.05) is 0 Å². The molecule has 1 aliphatic carbocycles. The SMILES string of the molecule is CCC(C)C1(C)C(C)C1CC. The average molecular weight is 154 g/mol. The van der Waals surface area contributed by atoms with Gasteiger partial charge in [0.15, 0.2) is 0 Å². The van der Waals surface area contributed by atoms with Crippen LogP contribution in [-0.4, -0.2) is 0 Å². The van der Waals surface area contributed by atoms with E-state index in [1.54, 1.807) is 0 Å². The molecular formula is C11H22. The van der Waals surface area contributed by atoms with Gasteiger partial charge in [-0.3, -0.25) is 0 Å². The van der Waals surface area contributed by atoms with Gasteiger partial charge in [-0.2, -0.15) is 0 Å². The maximum absolute atomic E-state index is 2.47. The highest BCUT2D eigenvalue weighted by Crippen LogP contribution is 2.64. The molecule has 0 heteroatoms. The summed E-state index contributed by atoms with van der Waals surface area (Å²) in [5, 5.41) is 0. The van der Waals surface area contributed by atoms with Crippen LogP contribution in [0.15, 0.2) is 0 Å². The fraction of sp³-hybridized carbons (Fsp3) is 1.00. The molecule has 0 aromatic carbocycles. The first-order valence-corrected chi connectivity index (χ1v) is 5.08. The van der Waals surface area contributed by atoms with Crippen LogP contribution in [0.1, 0.15) is 47.5 Å². The third-order valence-corrected chi connectivity index (χ3v) is 4.39. The third kappa shape index (κ3) is 1.11. The Hall–Kier alpha value is 0. The predicted octanol–water partition coefficient (Wildman–Crippen LogP) is 3.71. The van der Waals surface area contributed by atoms with Crippen LogP contribution in [0.5, 0.6) is 0 Å². The Balaban J connectivity index is 2.57. The summed E-state index contributed by atoms with van der Waals surface area (Å²) in [4.78, 5) is 0. The van der Waals surface area contributed by atoms with E-state index in [1.165, 1.54) is 12.8 Å². The highest BCUT2D eigenvalue weighted by molar-refractivity contribution is 5.06. The van der Waals surface area contributed by atoms with E-state index < -0.39 is 0 Å². The molecule has 0 aromatic heterocycles. The second kappa shape index (κ2) is 2.80. The largest absolute Gasteiger partial charge is 0.0651 e. The van der Waals surface area contributed by atoms with Crippen LogP contribution in [0.3, 0.4) is 0 Å². The van der Waals surface area contributed by atoms with Gasteiger partial charge in [-0.05, 0) is 23.2 Å². The Morgan fingerprint density at radius 2 is 1.91 bits per heavy atom. The third-order valence-electron chi connectivity index (χ3n) is 4.39. The minimum atomic E-state index is 0.684. The van der Waals surface area contributed by atoms with E-state index in [1.807, 2.05) is 0 Å². The molecule has 0 aromatic rings. The van der Waals surface area contributed by atoms with Crippen molar-refractivity contribution >= 4 is 0 Å². The summed E-state index contributed by atoms with van der Waals surface area (Å²) in [5.74, 6) is 2.90. The molecule has 0 heterocycles. The number of hydrogen-bond donors (Lipinski definition) is 0. The molecule has 4 unspecified atom stereocenters. The quantitative estimate of drug-likeness (QED) is 0.581. The lowest BCUT2D eigenvalue weighted by Gasteiger charge is -2.19. The second-order valence-corrected chi connectivity index (χ2v) is 4.48. The first-order chi connectivity index (χ1) is 5.08. The molecule has 1 aliphatic rings. The zero-order chi connectivity index (χ0) is 8.65. The fourth-order valence-electron chi connectivity index (χ4n) is 2.91. The zero-order valence-corrected chi connectivity index (χ0v) is 8.65. The van der Waals surface area contributed by atoms with Crippen molar-refractivity contribution < 1.29 is 0 Å². The normalized spacial score (nSPS) is 45.5. The van der Waals surface area contributed by atoms with Gasteiger partial charge >= 0.3 is 0 Å². The van der Waals surface area contributed by atoms with Gasteiger partial charge in [-0.25, -0.2) is 0 Å². The highest BCUT2D eigenvalue weighted by Gasteiger charge is 2.58. The van der Waals surface area contributed by atoms with Gasteiger partial charge in [-0.1, -0.05) is 47.5 Å². The highest BCUT2D eigenvalue weighted by atomic mass is 14.6. The van der Waals surface area contributed by atoms with Crippen LogP contribution in [0, 0.1) is 23.2 Å². The molecular weight excluding hydrogens is 132 g/mol. The second-order valence-electron chi connectivity index (χ2n) is 4.48. The molecule has 66 valence electrons. The van der Waals surface area contributed by atoms with Crippen molar-refractivity contribution in [1.82, 2.24) is 0 Å². The van der Waals surface area contributed by atoms with Crippen LogP contribution in [0.4, 0.5) is 0 Å². The summed E-state index contributed by atoms with van der Waals surface area (Å²) in [6.07, 6.45) is 2.72. The lowest BCUT2D eigenvalue weighted by molar-refractivity contribution is 0.305. The minimum absolute atomic E-state index is 0.684. The maximum Gasteiger partial charge on any atom is -0.0241 e. The van der Waals surface area contributed by atoms with Crippen LogP contribution in [0.2, 0.25) is 0 Å². The first kappa shape index (κ1) is 9.09. The molecule has 11 heavy (non-hydrogen) atoms. The molecule has 4 atom stereocenters. The van der Waals surface area contributed by atoms with Crippen molar-refractivity contribution in [2.45, 2.75) is 47.5 Å². The zero-order valence-electron chi connectivity index (χ0n) is 8.65. The standard InChI is InChI=1S/C11H22/c1-6-8(3)11(5)9(4)10(11)7-2/h8-10H,6-7H2,1-5H3. The fourth-order valence-corrected chi connectivity index (χ4v) is 2.91. The molecule has 1 saturated carbocycles. The molecule has 0 amide bonds. The summed E-state index contributed by atoms with van der Waals surface area (Å²) in [6, 6.07) is 0. The lowest BCUT2D eigenvalue weighted by Crippen LogP contribution is -2.11. The molecule has 0 aliphatic heterocycles. The van der Waals surface area contributed by atoms with E-state index >= 15 is 0 Å². The summed E-state index contributed by atoms with van der Waals surface area (Å²) in [5.41, 5.74) is 0.684. The monoisotopic (exact) mass is 154 g/mol. The predicted molar refractivity (Wildman–Crippen MR) is 50.5 cm³/mol. The molecule has 1 rings (SSSR count). The Bertz CT molecular complexity index is 131. The molecule has 1 fully saturated rings. The van der Waals surface area contributed by atoms with E-state index in [-0.39, 0.29) is 0 Å². The van der Waals surface area contributed by atoms with Gasteiger partial charge in [0.05, 0.1) is 0 Å². The summed E-state index contributed by atoms with van der Waals surface area (Å²) >= 11 is 0. The number of rotatable bonds is 3. The Morgan fingerprint density at radius 1 is 1.36 bits per heavy atom. The van der Waals surface area contributed by atoms with Crippen molar-refractivity contribution in [2.75, 3.05) is 0 Å². The summed E-state index contributed by atoms with van der Waals surface area (Å²) < 4.78 is 0. The van der Waals surface area contributed by atoms with Gasteiger partial charge in [0.1, 0.15) is 0 Å². The van der Waals surface area contributed by atoms with Crippen LogP contribution in [0.25, 0.3) is 0 Å². The minimum Gasteiger partial charge on any atom is -0.0651 e. The van der Waals surface area contributed by atoms with E-state index in [0.717, 1.165) is 17.8 Å². The Labute approximate surface area is 71.4 Å². The summed E-state index contributed by atoms with van der Waals surface area (Å²) in [6.45, 7) is 11.9. The first-order valence-electron chi connectivity index (χ1n) is 5.08. The van der Waals surface area contributed by atoms with Crippen molar-refractivity contribution in [3.63, 3.8) is 0 Å². The van der Waals surface area contributed by atoms with Crippen LogP contribution in [-0.2, 0) is 0 Å². The molecule has 0 radical (unpaired) electrons. The molecule has 0 saturated heterocycles. The van der Waals surface area contributed by atoms with Crippen LogP contribution >= 0.6 is 0 Å². The van der Waals surface area contributed by atoms with E-state index in [4.69, 9.17) is 0 Å². The van der Waals surface area contributed by atoms with Gasteiger partial charge in [-0.15, -0.1) is 0 Å². The maximum atomic E-state index is 2.47.